The minimum atomic E-state index is -4.38. The van der Waals surface area contributed by atoms with E-state index in [1.54, 1.807) is 24.3 Å². The quantitative estimate of drug-likeness (QED) is 0.796. The third kappa shape index (κ3) is 5.51. The van der Waals surface area contributed by atoms with Crippen LogP contribution in [0.4, 0.5) is 18.0 Å². The van der Waals surface area contributed by atoms with Crippen LogP contribution in [0.2, 0.25) is 0 Å². The van der Waals surface area contributed by atoms with Gasteiger partial charge in [-0.3, -0.25) is 0 Å². The summed E-state index contributed by atoms with van der Waals surface area (Å²) in [6, 6.07) is 10.7. The molecule has 0 heterocycles. The van der Waals surface area contributed by atoms with Gasteiger partial charge in [-0.15, -0.1) is 0 Å². The van der Waals surface area contributed by atoms with Gasteiger partial charge >= 0.3 is 18.2 Å². The third-order valence-corrected chi connectivity index (χ3v) is 3.56. The Hall–Kier alpha value is -3.03. The number of carbonyl (C=O) groups is 2. The molecule has 0 unspecified atom stereocenters. The zero-order valence-corrected chi connectivity index (χ0v) is 13.9. The Labute approximate surface area is 148 Å². The number of alkyl halides is 3. The smallest absolute Gasteiger partial charge is 0.416 e. The van der Waals surface area contributed by atoms with E-state index >= 15 is 0 Å². The Kier molecular flexibility index (Phi) is 6.21. The molecular formula is C18H17F3N2O3. The maximum absolute atomic E-state index is 12.5. The van der Waals surface area contributed by atoms with Crippen molar-refractivity contribution in [2.75, 3.05) is 7.11 Å². The van der Waals surface area contributed by atoms with Crippen LogP contribution < -0.4 is 10.6 Å². The van der Waals surface area contributed by atoms with E-state index in [1.165, 1.54) is 19.2 Å². The molecule has 2 rings (SSSR count). The first kappa shape index (κ1) is 19.3. The topological polar surface area (TPSA) is 67.4 Å². The number of hydrogen-bond acceptors (Lipinski definition) is 3. The van der Waals surface area contributed by atoms with Crippen molar-refractivity contribution in [1.29, 1.82) is 0 Å². The summed E-state index contributed by atoms with van der Waals surface area (Å²) < 4.78 is 42.0. The SMILES string of the molecule is COC(=O)c1ccc(CNC(=O)NCc2ccc(C(F)(F)F)cc2)cc1. The molecule has 0 radical (unpaired) electrons. The highest BCUT2D eigenvalue weighted by Crippen LogP contribution is 2.29. The molecule has 0 bridgehead atoms. The number of urea groups is 1. The van der Waals surface area contributed by atoms with E-state index in [2.05, 4.69) is 15.4 Å². The number of rotatable bonds is 5. The first-order chi connectivity index (χ1) is 12.3. The summed E-state index contributed by atoms with van der Waals surface area (Å²) in [6.45, 7) is 0.339. The van der Waals surface area contributed by atoms with Crippen LogP contribution >= 0.6 is 0 Å². The number of esters is 1. The molecule has 26 heavy (non-hydrogen) atoms. The summed E-state index contributed by atoms with van der Waals surface area (Å²) in [6.07, 6.45) is -4.38. The third-order valence-electron chi connectivity index (χ3n) is 3.56. The van der Waals surface area contributed by atoms with Gasteiger partial charge in [0.15, 0.2) is 0 Å². The summed E-state index contributed by atoms with van der Waals surface area (Å²) in [5.74, 6) is -0.446. The first-order valence-corrected chi connectivity index (χ1v) is 7.64. The van der Waals surface area contributed by atoms with Gasteiger partial charge < -0.3 is 15.4 Å². The van der Waals surface area contributed by atoms with Crippen molar-refractivity contribution < 1.29 is 27.5 Å². The molecular weight excluding hydrogens is 349 g/mol. The normalized spacial score (nSPS) is 10.9. The molecule has 2 aromatic carbocycles. The number of ether oxygens (including phenoxy) is 1. The highest BCUT2D eigenvalue weighted by Gasteiger charge is 2.29. The molecule has 0 atom stereocenters. The van der Waals surface area contributed by atoms with Crippen molar-refractivity contribution in [1.82, 2.24) is 10.6 Å². The summed E-state index contributed by atoms with van der Waals surface area (Å²) in [5.41, 5.74) is 1.00. The molecule has 0 aliphatic rings. The van der Waals surface area contributed by atoms with Crippen molar-refractivity contribution in [3.8, 4) is 0 Å². The van der Waals surface area contributed by atoms with Gasteiger partial charge in [0.2, 0.25) is 0 Å². The number of benzene rings is 2. The second kappa shape index (κ2) is 8.37. The van der Waals surface area contributed by atoms with Crippen LogP contribution in [-0.4, -0.2) is 19.1 Å². The summed E-state index contributed by atoms with van der Waals surface area (Å²) in [5, 5.41) is 5.18. The van der Waals surface area contributed by atoms with Gasteiger partial charge in [0.1, 0.15) is 0 Å². The monoisotopic (exact) mass is 366 g/mol. The van der Waals surface area contributed by atoms with Crippen molar-refractivity contribution in [3.05, 3.63) is 70.8 Å². The Morgan fingerprint density at radius 1 is 0.885 bits per heavy atom. The summed E-state index contributed by atoms with van der Waals surface area (Å²) >= 11 is 0. The van der Waals surface area contributed by atoms with E-state index in [0.29, 0.717) is 11.1 Å². The van der Waals surface area contributed by atoms with Gasteiger partial charge in [0.25, 0.3) is 0 Å². The number of halogens is 3. The second-order valence-corrected chi connectivity index (χ2v) is 5.42. The average Bonchev–Trinajstić information content (AvgIpc) is 2.64. The lowest BCUT2D eigenvalue weighted by Crippen LogP contribution is -2.34. The fourth-order valence-electron chi connectivity index (χ4n) is 2.12. The van der Waals surface area contributed by atoms with Gasteiger partial charge in [-0.25, -0.2) is 9.59 Å². The van der Waals surface area contributed by atoms with Crippen LogP contribution in [0.5, 0.6) is 0 Å². The number of carbonyl (C=O) groups excluding carboxylic acids is 2. The number of methoxy groups -OCH3 is 1. The standard InChI is InChI=1S/C18H17F3N2O3/c1-26-16(24)14-6-2-12(3-7-14)10-22-17(25)23-11-13-4-8-15(9-5-13)18(19,20)21/h2-9H,10-11H2,1H3,(H2,22,23,25). The largest absolute Gasteiger partial charge is 0.465 e. The molecule has 8 heteroatoms. The Balaban J connectivity index is 1.79. The van der Waals surface area contributed by atoms with Crippen LogP contribution in [0.3, 0.4) is 0 Å². The molecule has 2 N–H and O–H groups in total. The molecule has 0 spiro atoms. The molecule has 0 saturated heterocycles. The van der Waals surface area contributed by atoms with Gasteiger partial charge in [-0.1, -0.05) is 24.3 Å². The van der Waals surface area contributed by atoms with E-state index in [9.17, 15) is 22.8 Å². The molecule has 2 aromatic rings. The van der Waals surface area contributed by atoms with Crippen LogP contribution in [0.15, 0.2) is 48.5 Å². The number of amides is 2. The zero-order chi connectivity index (χ0) is 19.2. The fraction of sp³-hybridized carbons (Fsp3) is 0.222. The zero-order valence-electron chi connectivity index (χ0n) is 13.9. The molecule has 0 saturated carbocycles. The average molecular weight is 366 g/mol. The maximum Gasteiger partial charge on any atom is 0.416 e. The van der Waals surface area contributed by atoms with Crippen LogP contribution in [0.1, 0.15) is 27.0 Å². The van der Waals surface area contributed by atoms with Crippen molar-refractivity contribution >= 4 is 12.0 Å². The highest BCUT2D eigenvalue weighted by atomic mass is 19.4. The van der Waals surface area contributed by atoms with Crippen LogP contribution in [-0.2, 0) is 24.0 Å². The van der Waals surface area contributed by atoms with Crippen LogP contribution in [0, 0.1) is 0 Å². The molecule has 0 aliphatic heterocycles. The lowest BCUT2D eigenvalue weighted by molar-refractivity contribution is -0.137. The van der Waals surface area contributed by atoms with E-state index in [0.717, 1.165) is 17.7 Å². The molecule has 5 nitrogen and oxygen atoms in total. The lowest BCUT2D eigenvalue weighted by atomic mass is 10.1. The van der Waals surface area contributed by atoms with Gasteiger partial charge in [0, 0.05) is 13.1 Å². The predicted octanol–water partition coefficient (Wildman–Crippen LogP) is 3.49. The first-order valence-electron chi connectivity index (χ1n) is 7.64. The summed E-state index contributed by atoms with van der Waals surface area (Å²) in [7, 11) is 1.29. The van der Waals surface area contributed by atoms with Crippen molar-refractivity contribution in [2.24, 2.45) is 0 Å². The highest BCUT2D eigenvalue weighted by molar-refractivity contribution is 5.89. The molecule has 0 fully saturated rings. The molecule has 138 valence electrons. The molecule has 2 amide bonds. The minimum Gasteiger partial charge on any atom is -0.465 e. The van der Waals surface area contributed by atoms with Gasteiger partial charge in [-0.2, -0.15) is 13.2 Å². The Morgan fingerprint density at radius 2 is 1.35 bits per heavy atom. The van der Waals surface area contributed by atoms with Crippen molar-refractivity contribution in [2.45, 2.75) is 19.3 Å². The minimum absolute atomic E-state index is 0.102. The Bertz CT molecular complexity index is 757. The fourth-order valence-corrected chi connectivity index (χ4v) is 2.12. The second-order valence-electron chi connectivity index (χ2n) is 5.42. The van der Waals surface area contributed by atoms with Crippen LogP contribution in [0.25, 0.3) is 0 Å². The number of hydrogen-bond donors (Lipinski definition) is 2. The predicted molar refractivity (Wildman–Crippen MR) is 88.3 cm³/mol. The lowest BCUT2D eigenvalue weighted by Gasteiger charge is -2.10. The van der Waals surface area contributed by atoms with E-state index in [1.807, 2.05) is 0 Å². The van der Waals surface area contributed by atoms with E-state index < -0.39 is 23.7 Å². The molecule has 0 aliphatic carbocycles. The van der Waals surface area contributed by atoms with E-state index in [-0.39, 0.29) is 13.1 Å². The van der Waals surface area contributed by atoms with Gasteiger partial charge in [-0.05, 0) is 35.4 Å². The van der Waals surface area contributed by atoms with Crippen molar-refractivity contribution in [3.63, 3.8) is 0 Å². The van der Waals surface area contributed by atoms with E-state index in [4.69, 9.17) is 0 Å². The Morgan fingerprint density at radius 3 is 1.77 bits per heavy atom. The maximum atomic E-state index is 12.5. The van der Waals surface area contributed by atoms with Gasteiger partial charge in [0.05, 0.1) is 18.2 Å². The summed E-state index contributed by atoms with van der Waals surface area (Å²) in [4.78, 5) is 23.1. The number of nitrogens with one attached hydrogen (secondary N) is 2. The molecule has 0 aromatic heterocycles.